The van der Waals surface area contributed by atoms with Gasteiger partial charge in [0.05, 0.1) is 0 Å². The second kappa shape index (κ2) is 3.89. The van der Waals surface area contributed by atoms with E-state index >= 15 is 0 Å². The van der Waals surface area contributed by atoms with E-state index in [2.05, 4.69) is 15.3 Å². The van der Waals surface area contributed by atoms with Crippen molar-refractivity contribution in [2.24, 2.45) is 5.14 Å². The minimum absolute atomic E-state index is 0.138. The third kappa shape index (κ3) is 2.02. The van der Waals surface area contributed by atoms with Crippen LogP contribution in [0.15, 0.2) is 23.6 Å². The molecule has 0 amide bonds. The van der Waals surface area contributed by atoms with Crippen molar-refractivity contribution < 1.29 is 8.42 Å². The molecule has 0 unspecified atom stereocenters. The molecule has 96 valence electrons. The molecule has 0 radical (unpaired) electrons. The minimum Gasteiger partial charge on any atom is -0.296 e. The number of rotatable bonds is 4. The molecule has 2 heterocycles. The topological polar surface area (TPSA) is 109 Å². The van der Waals surface area contributed by atoms with Crippen LogP contribution in [0.2, 0.25) is 0 Å². The molecule has 18 heavy (non-hydrogen) atoms. The van der Waals surface area contributed by atoms with Gasteiger partial charge in [0, 0.05) is 18.4 Å². The minimum atomic E-state index is -3.84. The lowest BCUT2D eigenvalue weighted by molar-refractivity contribution is 0.545. The van der Waals surface area contributed by atoms with Crippen molar-refractivity contribution in [3.8, 4) is 0 Å². The van der Waals surface area contributed by atoms with Gasteiger partial charge in [0.2, 0.25) is 0 Å². The van der Waals surface area contributed by atoms with E-state index in [0.29, 0.717) is 12.4 Å². The third-order valence-corrected chi connectivity index (χ3v) is 3.55. The maximum atomic E-state index is 11.4. The summed E-state index contributed by atoms with van der Waals surface area (Å²) in [5.74, 6) is 0.560. The molecule has 0 aliphatic heterocycles. The number of hydrogen-bond donors (Lipinski definition) is 1. The predicted molar refractivity (Wildman–Crippen MR) is 61.0 cm³/mol. The molecule has 0 spiro atoms. The highest BCUT2D eigenvalue weighted by Crippen LogP contribution is 2.37. The quantitative estimate of drug-likeness (QED) is 0.804. The first-order valence-corrected chi connectivity index (χ1v) is 7.04. The van der Waals surface area contributed by atoms with Gasteiger partial charge in [-0.1, -0.05) is 0 Å². The van der Waals surface area contributed by atoms with Crippen LogP contribution < -0.4 is 5.14 Å². The van der Waals surface area contributed by atoms with Crippen molar-refractivity contribution in [1.29, 1.82) is 0 Å². The summed E-state index contributed by atoms with van der Waals surface area (Å²) in [5, 5.41) is 16.6. The van der Waals surface area contributed by atoms with Crippen LogP contribution in [0.5, 0.6) is 0 Å². The van der Waals surface area contributed by atoms with Crippen molar-refractivity contribution in [1.82, 2.24) is 24.5 Å². The van der Waals surface area contributed by atoms with Crippen LogP contribution in [-0.2, 0) is 16.6 Å². The maximum Gasteiger partial charge on any atom is 0.273 e. The lowest BCUT2D eigenvalue weighted by atomic mass is 10.5. The summed E-state index contributed by atoms with van der Waals surface area (Å²) in [6, 6.07) is 1.93. The van der Waals surface area contributed by atoms with Crippen LogP contribution in [0.25, 0.3) is 0 Å². The fourth-order valence-corrected chi connectivity index (χ4v) is 2.53. The monoisotopic (exact) mass is 268 g/mol. The highest BCUT2D eigenvalue weighted by atomic mass is 32.2. The van der Waals surface area contributed by atoms with Gasteiger partial charge >= 0.3 is 0 Å². The van der Waals surface area contributed by atoms with Gasteiger partial charge in [-0.15, -0.1) is 10.2 Å². The standard InChI is InChI=1S/C9H12N6O2S/c10-18(16,17)9-13-12-8(15(9)7-2-3-7)6-14-5-1-4-11-14/h1,4-5,7H,2-3,6H2,(H2,10,16,17). The molecule has 1 aliphatic rings. The third-order valence-electron chi connectivity index (χ3n) is 2.76. The summed E-state index contributed by atoms with van der Waals surface area (Å²) >= 11 is 0. The Morgan fingerprint density at radius 3 is 2.72 bits per heavy atom. The Bertz CT molecular complexity index is 655. The van der Waals surface area contributed by atoms with Gasteiger partial charge in [-0.25, -0.2) is 13.6 Å². The highest BCUT2D eigenvalue weighted by molar-refractivity contribution is 7.89. The van der Waals surface area contributed by atoms with Crippen molar-refractivity contribution >= 4 is 10.0 Å². The van der Waals surface area contributed by atoms with E-state index in [0.717, 1.165) is 12.8 Å². The molecule has 3 rings (SSSR count). The zero-order chi connectivity index (χ0) is 12.8. The van der Waals surface area contributed by atoms with E-state index < -0.39 is 10.0 Å². The first-order valence-electron chi connectivity index (χ1n) is 5.50. The number of sulfonamides is 1. The average Bonchev–Trinajstić information content (AvgIpc) is 2.84. The first kappa shape index (κ1) is 11.4. The molecule has 9 heteroatoms. The van der Waals surface area contributed by atoms with E-state index in [1.54, 1.807) is 27.7 Å². The molecule has 8 nitrogen and oxygen atoms in total. The van der Waals surface area contributed by atoms with Gasteiger partial charge in [0.1, 0.15) is 6.54 Å². The van der Waals surface area contributed by atoms with Crippen LogP contribution in [0.4, 0.5) is 0 Å². The molecular weight excluding hydrogens is 256 g/mol. The van der Waals surface area contributed by atoms with Crippen LogP contribution in [-0.4, -0.2) is 33.0 Å². The summed E-state index contributed by atoms with van der Waals surface area (Å²) in [7, 11) is -3.84. The molecular formula is C9H12N6O2S. The van der Waals surface area contributed by atoms with Crippen molar-refractivity contribution in [2.75, 3.05) is 0 Å². The Labute approximate surface area is 103 Å². The highest BCUT2D eigenvalue weighted by Gasteiger charge is 2.33. The predicted octanol–water partition coefficient (Wildman–Crippen LogP) is -0.495. The summed E-state index contributed by atoms with van der Waals surface area (Å²) in [4.78, 5) is 0. The summed E-state index contributed by atoms with van der Waals surface area (Å²) < 4.78 is 26.1. The number of aromatic nitrogens is 5. The summed E-state index contributed by atoms with van der Waals surface area (Å²) in [6.07, 6.45) is 5.28. The number of nitrogens with two attached hydrogens (primary N) is 1. The average molecular weight is 268 g/mol. The zero-order valence-electron chi connectivity index (χ0n) is 9.47. The number of primary sulfonamides is 1. The van der Waals surface area contributed by atoms with E-state index in [4.69, 9.17) is 5.14 Å². The van der Waals surface area contributed by atoms with Crippen LogP contribution in [0.1, 0.15) is 24.7 Å². The molecule has 2 aromatic rings. The van der Waals surface area contributed by atoms with Crippen molar-refractivity contribution in [3.63, 3.8) is 0 Å². The number of nitrogens with zero attached hydrogens (tertiary/aromatic N) is 5. The summed E-state index contributed by atoms with van der Waals surface area (Å²) in [5.41, 5.74) is 0. The maximum absolute atomic E-state index is 11.4. The normalized spacial score (nSPS) is 16.1. The number of hydrogen-bond acceptors (Lipinski definition) is 5. The summed E-state index contributed by atoms with van der Waals surface area (Å²) in [6.45, 7) is 0.381. The van der Waals surface area contributed by atoms with Gasteiger partial charge in [0.15, 0.2) is 5.82 Å². The van der Waals surface area contributed by atoms with Crippen LogP contribution >= 0.6 is 0 Å². The lowest BCUT2D eigenvalue weighted by Gasteiger charge is -2.07. The fourth-order valence-electron chi connectivity index (χ4n) is 1.85. The largest absolute Gasteiger partial charge is 0.296 e. The van der Waals surface area contributed by atoms with Gasteiger partial charge < -0.3 is 0 Å². The second-order valence-electron chi connectivity index (χ2n) is 4.25. The first-order chi connectivity index (χ1) is 8.55. The SMILES string of the molecule is NS(=O)(=O)c1nnc(Cn2cccn2)n1C1CC1. The molecule has 1 aliphatic carbocycles. The molecule has 1 fully saturated rings. The zero-order valence-corrected chi connectivity index (χ0v) is 10.3. The second-order valence-corrected chi connectivity index (χ2v) is 5.70. The van der Waals surface area contributed by atoms with Gasteiger partial charge in [-0.3, -0.25) is 9.25 Å². The van der Waals surface area contributed by atoms with E-state index in [1.807, 2.05) is 0 Å². The molecule has 0 saturated heterocycles. The fraction of sp³-hybridized carbons (Fsp3) is 0.444. The lowest BCUT2D eigenvalue weighted by Crippen LogP contribution is -2.19. The Hall–Kier alpha value is -1.74. The van der Waals surface area contributed by atoms with Crippen molar-refractivity contribution in [3.05, 3.63) is 24.3 Å². The Morgan fingerprint density at radius 2 is 2.17 bits per heavy atom. The smallest absolute Gasteiger partial charge is 0.273 e. The van der Waals surface area contributed by atoms with Gasteiger partial charge in [0.25, 0.3) is 15.2 Å². The van der Waals surface area contributed by atoms with Crippen molar-refractivity contribution in [2.45, 2.75) is 30.6 Å². The molecule has 2 aromatic heterocycles. The Morgan fingerprint density at radius 1 is 1.39 bits per heavy atom. The van der Waals surface area contributed by atoms with Gasteiger partial charge in [-0.05, 0) is 18.9 Å². The molecule has 0 bridgehead atoms. The Balaban J connectivity index is 2.02. The van der Waals surface area contributed by atoms with E-state index in [1.165, 1.54) is 0 Å². The van der Waals surface area contributed by atoms with Gasteiger partial charge in [-0.2, -0.15) is 5.10 Å². The molecule has 0 atom stereocenters. The van der Waals surface area contributed by atoms with E-state index in [9.17, 15) is 8.42 Å². The molecule has 2 N–H and O–H groups in total. The van der Waals surface area contributed by atoms with Crippen LogP contribution in [0.3, 0.4) is 0 Å². The van der Waals surface area contributed by atoms with E-state index in [-0.39, 0.29) is 11.2 Å². The van der Waals surface area contributed by atoms with Crippen LogP contribution in [0, 0.1) is 0 Å². The molecule has 1 saturated carbocycles. The molecule has 0 aromatic carbocycles. The Kier molecular flexibility index (Phi) is 2.45.